The fourth-order valence-electron chi connectivity index (χ4n) is 2.62. The number of anilines is 2. The minimum atomic E-state index is 0.687. The Morgan fingerprint density at radius 3 is 2.32 bits per heavy atom. The Labute approximate surface area is 175 Å². The molecule has 4 aromatic rings. The summed E-state index contributed by atoms with van der Waals surface area (Å²) >= 11 is 9.33. The molecular formula is C20H16ClN3O2S2. The fourth-order valence-corrected chi connectivity index (χ4v) is 4.42. The van der Waals surface area contributed by atoms with E-state index in [1.165, 1.54) is 11.3 Å². The minimum absolute atomic E-state index is 0.687. The van der Waals surface area contributed by atoms with Gasteiger partial charge in [-0.2, -0.15) is 0 Å². The van der Waals surface area contributed by atoms with Crippen LogP contribution in [-0.4, -0.2) is 24.2 Å². The van der Waals surface area contributed by atoms with Crippen LogP contribution in [0.3, 0.4) is 0 Å². The predicted molar refractivity (Wildman–Crippen MR) is 116 cm³/mol. The van der Waals surface area contributed by atoms with Crippen molar-refractivity contribution in [2.45, 2.75) is 0 Å². The summed E-state index contributed by atoms with van der Waals surface area (Å²) in [7, 11) is 3.25. The molecule has 0 atom stereocenters. The first-order valence-corrected chi connectivity index (χ1v) is 10.5. The first kappa shape index (κ1) is 18.7. The highest BCUT2D eigenvalue weighted by atomic mass is 35.5. The molecule has 4 rings (SSSR count). The first-order chi connectivity index (χ1) is 13.7. The molecule has 0 aliphatic carbocycles. The van der Waals surface area contributed by atoms with Crippen LogP contribution in [0, 0.1) is 0 Å². The molecule has 28 heavy (non-hydrogen) atoms. The molecule has 1 N–H and O–H groups in total. The molecule has 2 aromatic heterocycles. The van der Waals surface area contributed by atoms with Crippen LogP contribution in [-0.2, 0) is 0 Å². The number of nitrogens with one attached hydrogen (secondary N) is 1. The Bertz CT molecular complexity index is 1090. The van der Waals surface area contributed by atoms with E-state index in [0.717, 1.165) is 32.8 Å². The second-order valence-corrected chi connectivity index (χ2v) is 7.91. The molecule has 0 aliphatic rings. The molecule has 0 fully saturated rings. The van der Waals surface area contributed by atoms with Crippen LogP contribution in [0.1, 0.15) is 0 Å². The zero-order valence-corrected chi connectivity index (χ0v) is 17.5. The number of ether oxygens (including phenoxy) is 2. The molecule has 0 amide bonds. The topological polar surface area (TPSA) is 56.3 Å². The normalized spacial score (nSPS) is 10.7. The number of hydrogen-bond acceptors (Lipinski definition) is 7. The van der Waals surface area contributed by atoms with Crippen molar-refractivity contribution in [1.29, 1.82) is 0 Å². The monoisotopic (exact) mass is 429 g/mol. The largest absolute Gasteiger partial charge is 0.497 e. The van der Waals surface area contributed by atoms with E-state index in [4.69, 9.17) is 26.1 Å². The smallest absolute Gasteiger partial charge is 0.187 e. The van der Waals surface area contributed by atoms with Crippen LogP contribution in [0.25, 0.3) is 22.0 Å². The van der Waals surface area contributed by atoms with Gasteiger partial charge in [-0.1, -0.05) is 29.8 Å². The molecule has 8 heteroatoms. The number of hydrogen-bond donors (Lipinski definition) is 1. The Kier molecular flexibility index (Phi) is 5.47. The third-order valence-electron chi connectivity index (χ3n) is 3.98. The third kappa shape index (κ3) is 3.96. The average Bonchev–Trinajstić information content (AvgIpc) is 3.37. The highest BCUT2D eigenvalue weighted by Gasteiger charge is 2.12. The molecular weight excluding hydrogens is 414 g/mol. The lowest BCUT2D eigenvalue weighted by atomic mass is 10.2. The van der Waals surface area contributed by atoms with Crippen LogP contribution in [0.5, 0.6) is 11.5 Å². The lowest BCUT2D eigenvalue weighted by Crippen LogP contribution is -1.93. The van der Waals surface area contributed by atoms with Gasteiger partial charge in [0.25, 0.3) is 0 Å². The van der Waals surface area contributed by atoms with Crippen molar-refractivity contribution in [2.24, 2.45) is 0 Å². The van der Waals surface area contributed by atoms with Gasteiger partial charge in [0.1, 0.15) is 22.2 Å². The van der Waals surface area contributed by atoms with E-state index in [2.05, 4.69) is 10.3 Å². The minimum Gasteiger partial charge on any atom is -0.497 e. The van der Waals surface area contributed by atoms with Crippen molar-refractivity contribution < 1.29 is 9.47 Å². The van der Waals surface area contributed by atoms with Gasteiger partial charge >= 0.3 is 0 Å². The number of benzene rings is 2. The lowest BCUT2D eigenvalue weighted by molar-refractivity contribution is 0.395. The zero-order chi connectivity index (χ0) is 19.5. The van der Waals surface area contributed by atoms with Crippen molar-refractivity contribution in [3.63, 3.8) is 0 Å². The summed E-state index contributed by atoms with van der Waals surface area (Å²) < 4.78 is 10.6. The third-order valence-corrected chi connectivity index (χ3v) is 5.93. The molecule has 2 aromatic carbocycles. The van der Waals surface area contributed by atoms with Crippen LogP contribution in [0.4, 0.5) is 10.8 Å². The highest BCUT2D eigenvalue weighted by Crippen LogP contribution is 2.35. The molecule has 142 valence electrons. The molecule has 0 spiro atoms. The Balaban J connectivity index is 1.56. The maximum absolute atomic E-state index is 6.28. The van der Waals surface area contributed by atoms with Crippen molar-refractivity contribution in [3.8, 4) is 33.5 Å². The second kappa shape index (κ2) is 8.18. The number of halogens is 1. The van der Waals surface area contributed by atoms with Crippen molar-refractivity contribution in [1.82, 2.24) is 9.97 Å². The number of aromatic nitrogens is 2. The average molecular weight is 430 g/mol. The summed E-state index contributed by atoms with van der Waals surface area (Å²) in [6.07, 6.45) is 0. The maximum Gasteiger partial charge on any atom is 0.187 e. The van der Waals surface area contributed by atoms with E-state index in [-0.39, 0.29) is 0 Å². The van der Waals surface area contributed by atoms with Crippen LogP contribution >= 0.6 is 34.3 Å². The summed E-state index contributed by atoms with van der Waals surface area (Å²) in [6, 6.07) is 13.3. The molecule has 0 bridgehead atoms. The summed E-state index contributed by atoms with van der Waals surface area (Å²) in [5, 5.41) is 9.57. The number of methoxy groups -OCH3 is 2. The summed E-state index contributed by atoms with van der Waals surface area (Å²) in [5.41, 5.74) is 3.44. The SMILES string of the molecule is COc1cc(Nc2nc(-c3nc(-c4ccccc4Cl)cs3)cs2)cc(OC)c1. The van der Waals surface area contributed by atoms with Gasteiger partial charge in [-0.15, -0.1) is 22.7 Å². The molecule has 0 unspecified atom stereocenters. The van der Waals surface area contributed by atoms with Gasteiger partial charge in [0, 0.05) is 45.2 Å². The number of nitrogens with zero attached hydrogens (tertiary/aromatic N) is 2. The van der Waals surface area contributed by atoms with E-state index < -0.39 is 0 Å². The quantitative estimate of drug-likeness (QED) is 0.387. The maximum atomic E-state index is 6.28. The van der Waals surface area contributed by atoms with Gasteiger partial charge in [0.2, 0.25) is 0 Å². The second-order valence-electron chi connectivity index (χ2n) is 5.78. The zero-order valence-electron chi connectivity index (χ0n) is 15.1. The molecule has 5 nitrogen and oxygen atoms in total. The van der Waals surface area contributed by atoms with E-state index in [1.807, 2.05) is 53.2 Å². The van der Waals surface area contributed by atoms with Crippen molar-refractivity contribution in [2.75, 3.05) is 19.5 Å². The van der Waals surface area contributed by atoms with E-state index >= 15 is 0 Å². The lowest BCUT2D eigenvalue weighted by Gasteiger charge is -2.08. The molecule has 0 aliphatic heterocycles. The van der Waals surface area contributed by atoms with Gasteiger partial charge < -0.3 is 14.8 Å². The van der Waals surface area contributed by atoms with Crippen LogP contribution < -0.4 is 14.8 Å². The molecule has 0 saturated heterocycles. The van der Waals surface area contributed by atoms with Gasteiger partial charge in [0.05, 0.1) is 19.9 Å². The van der Waals surface area contributed by atoms with Gasteiger partial charge in [-0.3, -0.25) is 0 Å². The molecule has 2 heterocycles. The van der Waals surface area contributed by atoms with Gasteiger partial charge in [-0.25, -0.2) is 9.97 Å². The first-order valence-electron chi connectivity index (χ1n) is 8.32. The van der Waals surface area contributed by atoms with Gasteiger partial charge in [0.15, 0.2) is 5.13 Å². The summed E-state index contributed by atoms with van der Waals surface area (Å²) in [5.74, 6) is 1.42. The predicted octanol–water partition coefficient (Wildman–Crippen LogP) is 6.35. The van der Waals surface area contributed by atoms with Crippen LogP contribution in [0.2, 0.25) is 5.02 Å². The van der Waals surface area contributed by atoms with Gasteiger partial charge in [-0.05, 0) is 6.07 Å². The summed E-state index contributed by atoms with van der Waals surface area (Å²) in [6.45, 7) is 0. The van der Waals surface area contributed by atoms with E-state index in [1.54, 1.807) is 25.6 Å². The molecule has 0 saturated carbocycles. The summed E-state index contributed by atoms with van der Waals surface area (Å²) in [4.78, 5) is 9.35. The number of rotatable bonds is 6. The van der Waals surface area contributed by atoms with E-state index in [9.17, 15) is 0 Å². The fraction of sp³-hybridized carbons (Fsp3) is 0.100. The standard InChI is InChI=1S/C20H16ClN3O2S2/c1-25-13-7-12(8-14(9-13)26-2)22-20-24-18(11-28-20)19-23-17(10-27-19)15-5-3-4-6-16(15)21/h3-11H,1-2H3,(H,22,24). The number of thiazole rings is 2. The van der Waals surface area contributed by atoms with Crippen LogP contribution in [0.15, 0.2) is 53.2 Å². The Hall–Kier alpha value is -2.61. The van der Waals surface area contributed by atoms with Crippen molar-refractivity contribution in [3.05, 3.63) is 58.2 Å². The Morgan fingerprint density at radius 1 is 0.893 bits per heavy atom. The highest BCUT2D eigenvalue weighted by molar-refractivity contribution is 7.15. The molecule has 0 radical (unpaired) electrons. The van der Waals surface area contributed by atoms with E-state index in [0.29, 0.717) is 16.5 Å². The Morgan fingerprint density at radius 2 is 1.61 bits per heavy atom. The van der Waals surface area contributed by atoms with Crippen molar-refractivity contribution >= 4 is 45.1 Å².